The minimum Gasteiger partial charge on any atom is -0.352 e. The minimum absolute atomic E-state index is 0.0701. The van der Waals surface area contributed by atoms with E-state index < -0.39 is 23.9 Å². The van der Waals surface area contributed by atoms with Crippen LogP contribution in [-0.4, -0.2) is 30.5 Å². The van der Waals surface area contributed by atoms with Gasteiger partial charge in [0, 0.05) is 44.6 Å². The Morgan fingerprint density at radius 1 is 1.05 bits per heavy atom. The molecule has 1 aliphatic heterocycles. The Bertz CT molecular complexity index is 1040. The molecule has 1 amide bonds. The molecule has 3 atom stereocenters. The van der Waals surface area contributed by atoms with Crippen molar-refractivity contribution in [2.24, 2.45) is 17.8 Å². The van der Waals surface area contributed by atoms with Gasteiger partial charge < -0.3 is 5.32 Å². The lowest BCUT2D eigenvalue weighted by Crippen LogP contribution is -2.37. The Kier molecular flexibility index (Phi) is 10.9. The number of thioether (sulfide) groups is 1. The summed E-state index contributed by atoms with van der Waals surface area (Å²) in [5.74, 6) is -5.77. The highest BCUT2D eigenvalue weighted by Gasteiger charge is 2.39. The molecule has 40 heavy (non-hydrogen) atoms. The van der Waals surface area contributed by atoms with Crippen LogP contribution in [0.3, 0.4) is 0 Å². The molecule has 0 spiro atoms. The third kappa shape index (κ3) is 8.17. The molecule has 0 radical (unpaired) electrons. The lowest BCUT2D eigenvalue weighted by Gasteiger charge is -2.36. The van der Waals surface area contributed by atoms with E-state index >= 15 is 0 Å². The van der Waals surface area contributed by atoms with E-state index in [1.807, 2.05) is 0 Å². The second-order valence-electron chi connectivity index (χ2n) is 11.8. The Morgan fingerprint density at radius 3 is 2.42 bits per heavy atom. The Balaban J connectivity index is 1.55. The van der Waals surface area contributed by atoms with E-state index in [2.05, 4.69) is 18.3 Å². The standard InChI is InChI=1S/C31H41ClF5NOS/c1-2-20-11-12-26(40-28(20)22-13-17-31(36,37)18-14-22)23(21-7-3-4-15-30(34,35)16-6-8-21)19-38-29(39)27-24(32)9-5-10-25(27)33/h5,9,12,21-23,25H,2-4,6-8,10-11,13-19H2,1H3,(H,38,39). The summed E-state index contributed by atoms with van der Waals surface area (Å²) in [5.41, 5.74) is 1.20. The van der Waals surface area contributed by atoms with Crippen molar-refractivity contribution in [3.05, 3.63) is 44.2 Å². The zero-order valence-corrected chi connectivity index (χ0v) is 24.8. The highest BCUT2D eigenvalue weighted by Crippen LogP contribution is 2.51. The molecular formula is C31H41ClF5NOS. The van der Waals surface area contributed by atoms with Crippen LogP contribution in [0.25, 0.3) is 0 Å². The number of carbonyl (C=O) groups excluding carboxylic acids is 1. The predicted octanol–water partition coefficient (Wildman–Crippen LogP) is 10.0. The van der Waals surface area contributed by atoms with E-state index in [1.54, 1.807) is 23.9 Å². The van der Waals surface area contributed by atoms with Gasteiger partial charge in [-0.2, -0.15) is 0 Å². The topological polar surface area (TPSA) is 29.1 Å². The Hall–Kier alpha value is -1.28. The maximum atomic E-state index is 14.6. The van der Waals surface area contributed by atoms with Crippen molar-refractivity contribution in [3.8, 4) is 0 Å². The van der Waals surface area contributed by atoms with Gasteiger partial charge in [-0.3, -0.25) is 4.79 Å². The van der Waals surface area contributed by atoms with Crippen molar-refractivity contribution in [2.75, 3.05) is 6.54 Å². The average Bonchev–Trinajstić information content (AvgIpc) is 2.98. The first-order chi connectivity index (χ1) is 19.0. The zero-order valence-electron chi connectivity index (χ0n) is 23.2. The molecule has 3 unspecified atom stereocenters. The summed E-state index contributed by atoms with van der Waals surface area (Å²) in [7, 11) is 0. The van der Waals surface area contributed by atoms with Crippen LogP contribution >= 0.6 is 23.4 Å². The predicted molar refractivity (Wildman–Crippen MR) is 153 cm³/mol. The summed E-state index contributed by atoms with van der Waals surface area (Å²) in [4.78, 5) is 15.3. The Labute approximate surface area is 244 Å². The number of alkyl halides is 5. The number of nitrogens with one attached hydrogen (secondary N) is 1. The van der Waals surface area contributed by atoms with Gasteiger partial charge in [0.15, 0.2) is 0 Å². The first-order valence-electron chi connectivity index (χ1n) is 14.8. The molecule has 3 aliphatic carbocycles. The van der Waals surface area contributed by atoms with Gasteiger partial charge in [0.2, 0.25) is 11.8 Å². The van der Waals surface area contributed by atoms with Crippen LogP contribution in [0.15, 0.2) is 44.2 Å². The highest BCUT2D eigenvalue weighted by atomic mass is 35.5. The second kappa shape index (κ2) is 13.8. The normalized spacial score (nSPS) is 28.8. The third-order valence-corrected chi connectivity index (χ3v) is 10.8. The third-order valence-electron chi connectivity index (χ3n) is 8.96. The maximum absolute atomic E-state index is 14.6. The van der Waals surface area contributed by atoms with Crippen molar-refractivity contribution in [2.45, 2.75) is 115 Å². The van der Waals surface area contributed by atoms with Gasteiger partial charge in [-0.25, -0.2) is 22.0 Å². The Morgan fingerprint density at radius 2 is 1.73 bits per heavy atom. The van der Waals surface area contributed by atoms with Crippen molar-refractivity contribution in [1.29, 1.82) is 0 Å². The molecule has 0 saturated heterocycles. The average molecular weight is 606 g/mol. The summed E-state index contributed by atoms with van der Waals surface area (Å²) < 4.78 is 71.0. The van der Waals surface area contributed by atoms with E-state index in [9.17, 15) is 26.7 Å². The van der Waals surface area contributed by atoms with E-state index in [4.69, 9.17) is 11.6 Å². The molecule has 0 aromatic carbocycles. The molecule has 0 aromatic rings. The van der Waals surface area contributed by atoms with E-state index in [-0.39, 0.29) is 67.0 Å². The summed E-state index contributed by atoms with van der Waals surface area (Å²) in [6.07, 6.45) is 8.85. The first-order valence-corrected chi connectivity index (χ1v) is 16.0. The SMILES string of the molecule is CCC1=C(C2CCC(F)(F)CC2)SC(C(CNC(=O)C2=C(Cl)C=CCC2F)C2CCCCC(F)(F)CCC2)=CC1. The minimum atomic E-state index is -2.65. The van der Waals surface area contributed by atoms with Crippen LogP contribution < -0.4 is 5.32 Å². The number of halogens is 6. The smallest absolute Gasteiger partial charge is 0.251 e. The molecule has 0 bridgehead atoms. The second-order valence-corrected chi connectivity index (χ2v) is 13.3. The van der Waals surface area contributed by atoms with Crippen molar-refractivity contribution < 1.29 is 26.7 Å². The van der Waals surface area contributed by atoms with Gasteiger partial charge in [0.1, 0.15) is 6.17 Å². The number of amides is 1. The maximum Gasteiger partial charge on any atom is 0.251 e. The van der Waals surface area contributed by atoms with Gasteiger partial charge in [0.05, 0.1) is 10.6 Å². The molecule has 1 N–H and O–H groups in total. The van der Waals surface area contributed by atoms with Crippen molar-refractivity contribution in [1.82, 2.24) is 5.32 Å². The zero-order chi connectivity index (χ0) is 28.9. The molecule has 2 nitrogen and oxygen atoms in total. The molecule has 1 heterocycles. The van der Waals surface area contributed by atoms with Crippen LogP contribution in [0.5, 0.6) is 0 Å². The van der Waals surface area contributed by atoms with Crippen molar-refractivity contribution in [3.63, 3.8) is 0 Å². The summed E-state index contributed by atoms with van der Waals surface area (Å²) in [5, 5.41) is 3.03. The molecule has 4 aliphatic rings. The first kappa shape index (κ1) is 31.7. The van der Waals surface area contributed by atoms with Crippen LogP contribution in [-0.2, 0) is 4.79 Å². The van der Waals surface area contributed by atoms with Gasteiger partial charge in [-0.1, -0.05) is 54.4 Å². The molecule has 2 fully saturated rings. The van der Waals surface area contributed by atoms with Crippen molar-refractivity contribution >= 4 is 29.3 Å². The fourth-order valence-corrected chi connectivity index (χ4v) is 8.48. The van der Waals surface area contributed by atoms with Crippen LogP contribution in [0.1, 0.15) is 96.8 Å². The number of hydrogen-bond acceptors (Lipinski definition) is 2. The molecule has 4 rings (SSSR count). The van der Waals surface area contributed by atoms with Gasteiger partial charge in [-0.15, -0.1) is 0 Å². The van der Waals surface area contributed by atoms with Crippen LogP contribution in [0.4, 0.5) is 22.0 Å². The van der Waals surface area contributed by atoms with Gasteiger partial charge in [0.25, 0.3) is 5.91 Å². The molecular weight excluding hydrogens is 565 g/mol. The molecule has 224 valence electrons. The van der Waals surface area contributed by atoms with E-state index in [1.165, 1.54) is 10.5 Å². The monoisotopic (exact) mass is 605 g/mol. The fourth-order valence-electron chi connectivity index (χ4n) is 6.57. The highest BCUT2D eigenvalue weighted by molar-refractivity contribution is 8.06. The van der Waals surface area contributed by atoms with Gasteiger partial charge in [-0.05, 0) is 79.1 Å². The quantitative estimate of drug-likeness (QED) is 0.293. The van der Waals surface area contributed by atoms with E-state index in [0.717, 1.165) is 24.2 Å². The lowest BCUT2D eigenvalue weighted by molar-refractivity contribution is -0.118. The molecule has 2 saturated carbocycles. The summed E-state index contributed by atoms with van der Waals surface area (Å²) >= 11 is 7.82. The van der Waals surface area contributed by atoms with Crippen LogP contribution in [0.2, 0.25) is 0 Å². The van der Waals surface area contributed by atoms with Gasteiger partial charge >= 0.3 is 0 Å². The fraction of sp³-hybridized carbons (Fsp3) is 0.710. The largest absolute Gasteiger partial charge is 0.352 e. The van der Waals surface area contributed by atoms with E-state index in [0.29, 0.717) is 38.5 Å². The number of rotatable bonds is 7. The van der Waals surface area contributed by atoms with Crippen LogP contribution in [0, 0.1) is 17.8 Å². The molecule has 9 heteroatoms. The lowest BCUT2D eigenvalue weighted by atomic mass is 9.82. The summed E-state index contributed by atoms with van der Waals surface area (Å²) in [6.45, 7) is 2.34. The summed E-state index contributed by atoms with van der Waals surface area (Å²) in [6, 6.07) is 0. The number of allylic oxidation sites excluding steroid dienone is 6. The number of carbonyl (C=O) groups is 1. The molecule has 0 aromatic heterocycles. The number of hydrogen-bond donors (Lipinski definition) is 1.